The predicted molar refractivity (Wildman–Crippen MR) is 62.1 cm³/mol. The highest BCUT2D eigenvalue weighted by atomic mass is 32.2. The Morgan fingerprint density at radius 1 is 1.12 bits per heavy atom. The van der Waals surface area contributed by atoms with E-state index < -0.39 is 5.60 Å². The van der Waals surface area contributed by atoms with Gasteiger partial charge in [0.2, 0.25) is 11.8 Å². The summed E-state index contributed by atoms with van der Waals surface area (Å²) < 4.78 is 0. The molecule has 2 fully saturated rings. The maximum Gasteiger partial charge on any atom is 0.239 e. The Balaban J connectivity index is 2.01. The molecule has 1 aliphatic carbocycles. The molecule has 2 aliphatic rings. The van der Waals surface area contributed by atoms with Gasteiger partial charge in [-0.3, -0.25) is 14.5 Å². The summed E-state index contributed by atoms with van der Waals surface area (Å²) in [5.74, 6) is 0.421. The van der Waals surface area contributed by atoms with Gasteiger partial charge in [0.15, 0.2) is 0 Å². The lowest BCUT2D eigenvalue weighted by molar-refractivity contribution is -0.147. The van der Waals surface area contributed by atoms with Crippen molar-refractivity contribution in [3.8, 4) is 0 Å². The Morgan fingerprint density at radius 2 is 1.69 bits per heavy atom. The van der Waals surface area contributed by atoms with E-state index in [1.165, 1.54) is 16.7 Å². The van der Waals surface area contributed by atoms with Gasteiger partial charge in [0.05, 0.1) is 23.7 Å². The van der Waals surface area contributed by atoms with Crippen LogP contribution in [0.15, 0.2) is 0 Å². The normalized spacial score (nSPS) is 25.9. The topological polar surface area (TPSA) is 57.6 Å². The third-order valence-electron chi connectivity index (χ3n) is 3.29. The summed E-state index contributed by atoms with van der Waals surface area (Å²) in [4.78, 5) is 24.4. The first kappa shape index (κ1) is 11.9. The summed E-state index contributed by atoms with van der Waals surface area (Å²) in [5.41, 5.74) is -0.828. The number of hydrogen-bond donors (Lipinski definition) is 1. The van der Waals surface area contributed by atoms with Crippen LogP contribution in [0, 0.1) is 0 Å². The molecule has 0 spiro atoms. The van der Waals surface area contributed by atoms with E-state index >= 15 is 0 Å². The summed E-state index contributed by atoms with van der Waals surface area (Å²) in [5, 5.41) is 10.3. The van der Waals surface area contributed by atoms with Crippen LogP contribution in [0.25, 0.3) is 0 Å². The maximum absolute atomic E-state index is 11.6. The second-order valence-electron chi connectivity index (χ2n) is 4.65. The Hall–Kier alpha value is -0.550. The van der Waals surface area contributed by atoms with Crippen LogP contribution in [0.2, 0.25) is 0 Å². The SMILES string of the molecule is O=C1CSCC(=O)N1CC1(O)CCCCC1. The summed E-state index contributed by atoms with van der Waals surface area (Å²) in [6.45, 7) is 0.200. The minimum Gasteiger partial charge on any atom is -0.388 e. The van der Waals surface area contributed by atoms with Crippen molar-refractivity contribution < 1.29 is 14.7 Å². The highest BCUT2D eigenvalue weighted by Gasteiger charge is 2.36. The molecule has 1 heterocycles. The molecule has 1 saturated carbocycles. The molecule has 1 saturated heterocycles. The van der Waals surface area contributed by atoms with Crippen molar-refractivity contribution >= 4 is 23.6 Å². The quantitative estimate of drug-likeness (QED) is 0.728. The largest absolute Gasteiger partial charge is 0.388 e. The van der Waals surface area contributed by atoms with Crippen LogP contribution < -0.4 is 0 Å². The number of β-amino-alcohol motifs (C(OH)–C–C–N with tert-alkyl or cyclic N) is 1. The van der Waals surface area contributed by atoms with E-state index in [9.17, 15) is 14.7 Å². The average Bonchev–Trinajstić information content (AvgIpc) is 2.25. The molecular weight excluding hydrogens is 226 g/mol. The lowest BCUT2D eigenvalue weighted by atomic mass is 9.84. The van der Waals surface area contributed by atoms with Gasteiger partial charge in [0.1, 0.15) is 0 Å². The molecule has 5 heteroatoms. The third-order valence-corrected chi connectivity index (χ3v) is 4.19. The van der Waals surface area contributed by atoms with Crippen LogP contribution in [0.1, 0.15) is 32.1 Å². The van der Waals surface area contributed by atoms with Crippen molar-refractivity contribution in [2.24, 2.45) is 0 Å². The highest BCUT2D eigenvalue weighted by molar-refractivity contribution is 8.00. The molecule has 1 aliphatic heterocycles. The molecule has 0 radical (unpaired) electrons. The molecule has 2 rings (SSSR count). The van der Waals surface area contributed by atoms with Gasteiger partial charge in [0, 0.05) is 0 Å². The van der Waals surface area contributed by atoms with Crippen LogP contribution in [-0.4, -0.2) is 45.5 Å². The van der Waals surface area contributed by atoms with E-state index in [0.717, 1.165) is 19.3 Å². The molecule has 90 valence electrons. The number of hydrogen-bond acceptors (Lipinski definition) is 4. The zero-order chi connectivity index (χ0) is 11.6. The third kappa shape index (κ3) is 2.58. The van der Waals surface area contributed by atoms with E-state index in [-0.39, 0.29) is 18.4 Å². The fourth-order valence-corrected chi connectivity index (χ4v) is 3.12. The van der Waals surface area contributed by atoms with Gasteiger partial charge in [-0.1, -0.05) is 19.3 Å². The van der Waals surface area contributed by atoms with Crippen LogP contribution >= 0.6 is 11.8 Å². The van der Waals surface area contributed by atoms with Crippen LogP contribution in [0.3, 0.4) is 0 Å². The maximum atomic E-state index is 11.6. The molecular formula is C11H17NO3S. The van der Waals surface area contributed by atoms with Gasteiger partial charge in [-0.15, -0.1) is 11.8 Å². The van der Waals surface area contributed by atoms with E-state index in [4.69, 9.17) is 0 Å². The standard InChI is InChI=1S/C11H17NO3S/c13-9-6-16-7-10(14)12(9)8-11(15)4-2-1-3-5-11/h15H,1-8H2. The summed E-state index contributed by atoms with van der Waals surface area (Å²) in [6.07, 6.45) is 4.53. The van der Waals surface area contributed by atoms with Crippen molar-refractivity contribution in [2.45, 2.75) is 37.7 Å². The summed E-state index contributed by atoms with van der Waals surface area (Å²) in [6, 6.07) is 0. The van der Waals surface area contributed by atoms with E-state index in [0.29, 0.717) is 24.3 Å². The zero-order valence-electron chi connectivity index (χ0n) is 9.28. The first-order valence-electron chi connectivity index (χ1n) is 5.74. The second-order valence-corrected chi connectivity index (χ2v) is 5.64. The second kappa shape index (κ2) is 4.75. The molecule has 0 atom stereocenters. The van der Waals surface area contributed by atoms with Gasteiger partial charge in [-0.05, 0) is 12.8 Å². The summed E-state index contributed by atoms with van der Waals surface area (Å²) in [7, 11) is 0. The number of nitrogens with zero attached hydrogens (tertiary/aromatic N) is 1. The smallest absolute Gasteiger partial charge is 0.239 e. The van der Waals surface area contributed by atoms with Gasteiger partial charge in [0.25, 0.3) is 0 Å². The molecule has 1 N–H and O–H groups in total. The average molecular weight is 243 g/mol. The molecule has 4 nitrogen and oxygen atoms in total. The minimum absolute atomic E-state index is 0.153. The number of rotatable bonds is 2. The molecule has 2 amide bonds. The van der Waals surface area contributed by atoms with Crippen molar-refractivity contribution in [3.05, 3.63) is 0 Å². The highest BCUT2D eigenvalue weighted by Crippen LogP contribution is 2.29. The van der Waals surface area contributed by atoms with Gasteiger partial charge >= 0.3 is 0 Å². The number of amides is 2. The Morgan fingerprint density at radius 3 is 2.25 bits per heavy atom. The fourth-order valence-electron chi connectivity index (χ4n) is 2.36. The number of carbonyl (C=O) groups is 2. The van der Waals surface area contributed by atoms with E-state index in [2.05, 4.69) is 0 Å². The first-order valence-corrected chi connectivity index (χ1v) is 6.90. The monoisotopic (exact) mass is 243 g/mol. The summed E-state index contributed by atoms with van der Waals surface area (Å²) >= 11 is 1.35. The van der Waals surface area contributed by atoms with Gasteiger partial charge in [-0.25, -0.2) is 0 Å². The lowest BCUT2D eigenvalue weighted by Crippen LogP contribution is -2.52. The van der Waals surface area contributed by atoms with Gasteiger partial charge in [-0.2, -0.15) is 0 Å². The Labute approximate surface area is 99.4 Å². The van der Waals surface area contributed by atoms with Crippen LogP contribution in [0.5, 0.6) is 0 Å². The van der Waals surface area contributed by atoms with Crippen molar-refractivity contribution in [3.63, 3.8) is 0 Å². The van der Waals surface area contributed by atoms with Gasteiger partial charge < -0.3 is 5.11 Å². The van der Waals surface area contributed by atoms with Crippen molar-refractivity contribution in [2.75, 3.05) is 18.1 Å². The number of carbonyl (C=O) groups excluding carboxylic acids is 2. The molecule has 0 aromatic heterocycles. The molecule has 0 unspecified atom stereocenters. The Bertz CT molecular complexity index is 284. The zero-order valence-corrected chi connectivity index (χ0v) is 10.1. The van der Waals surface area contributed by atoms with E-state index in [1.54, 1.807) is 0 Å². The number of thioether (sulfide) groups is 1. The molecule has 0 aromatic carbocycles. The number of aliphatic hydroxyl groups is 1. The van der Waals surface area contributed by atoms with Crippen molar-refractivity contribution in [1.82, 2.24) is 4.90 Å². The first-order chi connectivity index (χ1) is 7.61. The molecule has 0 bridgehead atoms. The Kier molecular flexibility index (Phi) is 3.54. The molecule has 0 aromatic rings. The number of imide groups is 1. The van der Waals surface area contributed by atoms with Crippen LogP contribution in [-0.2, 0) is 9.59 Å². The molecule has 16 heavy (non-hydrogen) atoms. The van der Waals surface area contributed by atoms with E-state index in [1.807, 2.05) is 0 Å². The predicted octanol–water partition coefficient (Wildman–Crippen LogP) is 0.784. The van der Waals surface area contributed by atoms with Crippen molar-refractivity contribution in [1.29, 1.82) is 0 Å². The fraction of sp³-hybridized carbons (Fsp3) is 0.818. The minimum atomic E-state index is -0.828. The lowest BCUT2D eigenvalue weighted by Gasteiger charge is -2.37. The van der Waals surface area contributed by atoms with Crippen LogP contribution in [0.4, 0.5) is 0 Å².